The second kappa shape index (κ2) is 7.36. The Morgan fingerprint density at radius 1 is 1.40 bits per heavy atom. The quantitative estimate of drug-likeness (QED) is 0.303. The van der Waals surface area contributed by atoms with Gasteiger partial charge in [0.05, 0.1) is 13.9 Å². The van der Waals surface area contributed by atoms with E-state index in [4.69, 9.17) is 0 Å². The zero-order valence-corrected chi connectivity index (χ0v) is 9.55. The molecule has 50 valence electrons. The molecule has 10 heavy (non-hydrogen) atoms. The van der Waals surface area contributed by atoms with Crippen LogP contribution >= 0.6 is 7.82 Å². The molecule has 0 saturated heterocycles. The molecule has 0 heterocycles. The Kier molecular flexibility index (Phi) is 13.0. The first-order valence-electron chi connectivity index (χ1n) is 2.12. The second-order valence-electron chi connectivity index (χ2n) is 1.60. The molecule has 0 radical (unpaired) electrons. The first kappa shape index (κ1) is 17.7. The van der Waals surface area contributed by atoms with Gasteiger partial charge in [0.15, 0.2) is 0 Å². The minimum Gasteiger partial charge on any atom is -0.790 e. The van der Waals surface area contributed by atoms with Gasteiger partial charge in [0.1, 0.15) is 0 Å². The van der Waals surface area contributed by atoms with Crippen LogP contribution in [-0.2, 0) is 9.09 Å². The monoisotopic (exact) mass is 168 g/mol. The van der Waals surface area contributed by atoms with Gasteiger partial charge in [-0.05, 0) is 13.8 Å². The molecule has 0 aromatic rings. The summed E-state index contributed by atoms with van der Waals surface area (Å²) in [5.74, 6) is 0. The van der Waals surface area contributed by atoms with Crippen LogP contribution in [0.5, 0.6) is 0 Å². The molecule has 0 N–H and O–H groups in total. The zero-order chi connectivity index (χ0) is 6.78. The molecule has 0 aliphatic carbocycles. The summed E-state index contributed by atoms with van der Waals surface area (Å²) in [5.41, 5.74) is 0. The normalized spacial score (nSPS) is 10.1. The standard InChI is InChI=1S/C3H9O4P.Li.Na/c1-3(2)7-8(4,5)6;;/h3H,1-2H3,(H2,4,5,6);;/q;2*+1/p-2. The van der Waals surface area contributed by atoms with Crippen LogP contribution in [0.2, 0.25) is 0 Å². The molecule has 4 nitrogen and oxygen atoms in total. The van der Waals surface area contributed by atoms with Gasteiger partial charge in [-0.2, -0.15) is 0 Å². The Morgan fingerprint density at radius 3 is 1.70 bits per heavy atom. The van der Waals surface area contributed by atoms with Crippen molar-refractivity contribution < 1.29 is 67.3 Å². The second-order valence-corrected chi connectivity index (χ2v) is 2.71. The van der Waals surface area contributed by atoms with Crippen molar-refractivity contribution in [3.05, 3.63) is 0 Å². The number of phosphoric acid groups is 1. The maximum Gasteiger partial charge on any atom is 1.00 e. The minimum atomic E-state index is -4.72. The average molecular weight is 168 g/mol. The largest absolute Gasteiger partial charge is 1.00 e. The van der Waals surface area contributed by atoms with Gasteiger partial charge in [0, 0.05) is 0 Å². The predicted octanol–water partition coefficient (Wildman–Crippen LogP) is -6.75. The topological polar surface area (TPSA) is 72.4 Å². The van der Waals surface area contributed by atoms with Crippen LogP contribution in [0.25, 0.3) is 0 Å². The van der Waals surface area contributed by atoms with Crippen LogP contribution in [0.15, 0.2) is 0 Å². The van der Waals surface area contributed by atoms with Gasteiger partial charge >= 0.3 is 48.4 Å². The van der Waals surface area contributed by atoms with E-state index in [2.05, 4.69) is 4.52 Å². The van der Waals surface area contributed by atoms with E-state index in [9.17, 15) is 14.4 Å². The molecular formula is C3H7LiNaO4P. The molecule has 0 aromatic heterocycles. The van der Waals surface area contributed by atoms with Gasteiger partial charge < -0.3 is 18.9 Å². The van der Waals surface area contributed by atoms with Crippen molar-refractivity contribution >= 4 is 7.82 Å². The smallest absolute Gasteiger partial charge is 0.790 e. The van der Waals surface area contributed by atoms with Crippen molar-refractivity contribution in [3.63, 3.8) is 0 Å². The molecule has 0 amide bonds. The van der Waals surface area contributed by atoms with Crippen molar-refractivity contribution in [1.29, 1.82) is 0 Å². The van der Waals surface area contributed by atoms with Gasteiger partial charge in [-0.1, -0.05) is 0 Å². The Labute approximate surface area is 94.4 Å². The van der Waals surface area contributed by atoms with Crippen molar-refractivity contribution in [2.75, 3.05) is 0 Å². The van der Waals surface area contributed by atoms with E-state index in [-0.39, 0.29) is 48.4 Å². The van der Waals surface area contributed by atoms with Crippen LogP contribution in [0, 0.1) is 0 Å². The van der Waals surface area contributed by atoms with Crippen LogP contribution in [0.3, 0.4) is 0 Å². The molecule has 0 spiro atoms. The first-order valence-corrected chi connectivity index (χ1v) is 3.58. The van der Waals surface area contributed by atoms with Crippen molar-refractivity contribution in [2.45, 2.75) is 20.0 Å². The van der Waals surface area contributed by atoms with E-state index in [0.717, 1.165) is 0 Å². The molecule has 0 atom stereocenters. The van der Waals surface area contributed by atoms with E-state index < -0.39 is 13.9 Å². The van der Waals surface area contributed by atoms with E-state index in [1.807, 2.05) is 0 Å². The van der Waals surface area contributed by atoms with Crippen molar-refractivity contribution in [1.82, 2.24) is 0 Å². The molecule has 0 aliphatic rings. The summed E-state index contributed by atoms with van der Waals surface area (Å²) in [5, 5.41) is 0. The third kappa shape index (κ3) is 16.4. The van der Waals surface area contributed by atoms with Crippen LogP contribution < -0.4 is 58.2 Å². The number of phosphoric ester groups is 1. The van der Waals surface area contributed by atoms with Crippen molar-refractivity contribution in [2.24, 2.45) is 0 Å². The van der Waals surface area contributed by atoms with E-state index >= 15 is 0 Å². The Balaban J connectivity index is -0.000000245. The third-order valence-electron chi connectivity index (χ3n) is 0.340. The first-order chi connectivity index (χ1) is 3.42. The molecule has 0 bridgehead atoms. The third-order valence-corrected chi connectivity index (χ3v) is 1.02. The Morgan fingerprint density at radius 2 is 1.70 bits per heavy atom. The predicted molar refractivity (Wildman–Crippen MR) is 23.8 cm³/mol. The molecule has 0 unspecified atom stereocenters. The van der Waals surface area contributed by atoms with E-state index in [0.29, 0.717) is 0 Å². The molecule has 0 saturated carbocycles. The van der Waals surface area contributed by atoms with Gasteiger partial charge in [-0.3, -0.25) is 0 Å². The summed E-state index contributed by atoms with van der Waals surface area (Å²) in [7, 11) is -4.72. The summed E-state index contributed by atoms with van der Waals surface area (Å²) < 4.78 is 13.6. The molecule has 7 heteroatoms. The van der Waals surface area contributed by atoms with Gasteiger partial charge in [0.2, 0.25) is 0 Å². The van der Waals surface area contributed by atoms with Crippen LogP contribution in [0.1, 0.15) is 13.8 Å². The summed E-state index contributed by atoms with van der Waals surface area (Å²) in [4.78, 5) is 19.4. The maximum atomic E-state index is 9.69. The number of hydrogen-bond donors (Lipinski definition) is 0. The molecule has 0 aromatic carbocycles. The Bertz CT molecular complexity index is 113. The molecular weight excluding hydrogens is 161 g/mol. The maximum absolute atomic E-state index is 9.69. The fraction of sp³-hybridized carbons (Fsp3) is 1.00. The summed E-state index contributed by atoms with van der Waals surface area (Å²) in [6.07, 6.45) is -0.546. The zero-order valence-electron chi connectivity index (χ0n) is 6.66. The fourth-order valence-electron chi connectivity index (χ4n) is 0.258. The summed E-state index contributed by atoms with van der Waals surface area (Å²) in [6.45, 7) is 2.95. The van der Waals surface area contributed by atoms with Crippen LogP contribution in [0.4, 0.5) is 0 Å². The molecule has 0 fully saturated rings. The van der Waals surface area contributed by atoms with E-state index in [1.54, 1.807) is 0 Å². The van der Waals surface area contributed by atoms with Gasteiger partial charge in [-0.15, -0.1) is 0 Å². The minimum absolute atomic E-state index is 0. The average Bonchev–Trinajstić information content (AvgIpc) is 1.21. The number of rotatable bonds is 2. The molecule has 0 rings (SSSR count). The summed E-state index contributed by atoms with van der Waals surface area (Å²) in [6, 6.07) is 0. The number of hydrogen-bond acceptors (Lipinski definition) is 4. The fourth-order valence-corrected chi connectivity index (χ4v) is 0.775. The van der Waals surface area contributed by atoms with Gasteiger partial charge in [-0.25, -0.2) is 0 Å². The summed E-state index contributed by atoms with van der Waals surface area (Å²) >= 11 is 0. The van der Waals surface area contributed by atoms with Gasteiger partial charge in [0.25, 0.3) is 0 Å². The van der Waals surface area contributed by atoms with Crippen LogP contribution in [-0.4, -0.2) is 6.10 Å². The van der Waals surface area contributed by atoms with Crippen molar-refractivity contribution in [3.8, 4) is 0 Å². The Hall–Kier alpha value is 1.71. The SMILES string of the molecule is CC(C)OP(=O)([O-])[O-].[Li+].[Na+]. The van der Waals surface area contributed by atoms with E-state index in [1.165, 1.54) is 13.8 Å². The molecule has 0 aliphatic heterocycles.